The Morgan fingerprint density at radius 1 is 1.13 bits per heavy atom. The number of rotatable bonds is 7. The SMILES string of the molecule is CN(C)CCCNCC1(N(C)C)CCC1. The van der Waals surface area contributed by atoms with E-state index in [1.54, 1.807) is 0 Å². The Bertz CT molecular complexity index is 174. The summed E-state index contributed by atoms with van der Waals surface area (Å²) in [6.07, 6.45) is 5.37. The number of likely N-dealkylation sites (N-methyl/N-ethyl adjacent to an activating group) is 1. The smallest absolute Gasteiger partial charge is 0.0327 e. The maximum absolute atomic E-state index is 3.60. The first-order chi connectivity index (χ1) is 7.07. The number of hydrogen-bond acceptors (Lipinski definition) is 3. The molecular formula is C12H27N3. The average Bonchev–Trinajstić information content (AvgIpc) is 2.06. The zero-order chi connectivity index (χ0) is 11.3. The summed E-state index contributed by atoms with van der Waals surface area (Å²) < 4.78 is 0. The van der Waals surface area contributed by atoms with Crippen LogP contribution >= 0.6 is 0 Å². The Labute approximate surface area is 94.8 Å². The van der Waals surface area contributed by atoms with E-state index in [2.05, 4.69) is 43.3 Å². The molecule has 0 bridgehead atoms. The highest BCUT2D eigenvalue weighted by atomic mass is 15.2. The summed E-state index contributed by atoms with van der Waals surface area (Å²) >= 11 is 0. The molecule has 1 fully saturated rings. The lowest BCUT2D eigenvalue weighted by Crippen LogP contribution is -2.56. The van der Waals surface area contributed by atoms with E-state index >= 15 is 0 Å². The molecule has 3 heteroatoms. The topological polar surface area (TPSA) is 18.5 Å². The van der Waals surface area contributed by atoms with Crippen LogP contribution < -0.4 is 5.32 Å². The molecule has 0 radical (unpaired) electrons. The largest absolute Gasteiger partial charge is 0.315 e. The van der Waals surface area contributed by atoms with Crippen LogP contribution in [0.2, 0.25) is 0 Å². The van der Waals surface area contributed by atoms with Crippen LogP contribution in [0.1, 0.15) is 25.7 Å². The maximum atomic E-state index is 3.60. The van der Waals surface area contributed by atoms with Gasteiger partial charge in [0, 0.05) is 12.1 Å². The molecule has 0 aromatic heterocycles. The molecule has 3 nitrogen and oxygen atoms in total. The molecular weight excluding hydrogens is 186 g/mol. The minimum atomic E-state index is 0.470. The normalized spacial score (nSPS) is 19.6. The third-order valence-corrected chi connectivity index (χ3v) is 3.65. The van der Waals surface area contributed by atoms with Gasteiger partial charge in [0.25, 0.3) is 0 Å². The standard InChI is InChI=1S/C12H27N3/c1-14(2)10-6-9-13-11-12(15(3)4)7-5-8-12/h13H,5-11H2,1-4H3. The van der Waals surface area contributed by atoms with Gasteiger partial charge in [-0.1, -0.05) is 0 Å². The molecule has 1 rings (SSSR count). The van der Waals surface area contributed by atoms with Gasteiger partial charge in [-0.05, 0) is 67.0 Å². The van der Waals surface area contributed by atoms with E-state index in [0.717, 1.165) is 13.1 Å². The van der Waals surface area contributed by atoms with Crippen molar-refractivity contribution in [3.63, 3.8) is 0 Å². The van der Waals surface area contributed by atoms with Gasteiger partial charge >= 0.3 is 0 Å². The minimum absolute atomic E-state index is 0.470. The third-order valence-electron chi connectivity index (χ3n) is 3.65. The quantitative estimate of drug-likeness (QED) is 0.637. The van der Waals surface area contributed by atoms with Crippen molar-refractivity contribution >= 4 is 0 Å². The highest BCUT2D eigenvalue weighted by Gasteiger charge is 2.38. The predicted octanol–water partition coefficient (Wildman–Crippen LogP) is 1.01. The van der Waals surface area contributed by atoms with Gasteiger partial charge in [0.2, 0.25) is 0 Å². The fourth-order valence-electron chi connectivity index (χ4n) is 2.21. The van der Waals surface area contributed by atoms with Gasteiger partial charge in [0.1, 0.15) is 0 Å². The van der Waals surface area contributed by atoms with Crippen molar-refractivity contribution in [3.05, 3.63) is 0 Å². The van der Waals surface area contributed by atoms with Gasteiger partial charge in [-0.15, -0.1) is 0 Å². The summed E-state index contributed by atoms with van der Waals surface area (Å²) in [4.78, 5) is 4.64. The van der Waals surface area contributed by atoms with Crippen LogP contribution in [0.3, 0.4) is 0 Å². The van der Waals surface area contributed by atoms with Crippen LogP contribution in [0.5, 0.6) is 0 Å². The highest BCUT2D eigenvalue weighted by molar-refractivity contribution is 4.97. The van der Waals surface area contributed by atoms with Crippen LogP contribution in [-0.2, 0) is 0 Å². The molecule has 1 aliphatic rings. The van der Waals surface area contributed by atoms with Crippen molar-refractivity contribution in [2.24, 2.45) is 0 Å². The van der Waals surface area contributed by atoms with Gasteiger partial charge in [-0.25, -0.2) is 0 Å². The Morgan fingerprint density at radius 3 is 2.20 bits per heavy atom. The van der Waals surface area contributed by atoms with E-state index in [0.29, 0.717) is 5.54 Å². The highest BCUT2D eigenvalue weighted by Crippen LogP contribution is 2.35. The first-order valence-electron chi connectivity index (χ1n) is 6.10. The molecule has 15 heavy (non-hydrogen) atoms. The van der Waals surface area contributed by atoms with Crippen molar-refractivity contribution in [3.8, 4) is 0 Å². The lowest BCUT2D eigenvalue weighted by molar-refractivity contribution is 0.0601. The first kappa shape index (κ1) is 12.9. The van der Waals surface area contributed by atoms with Gasteiger partial charge in [-0.3, -0.25) is 0 Å². The van der Waals surface area contributed by atoms with E-state index in [4.69, 9.17) is 0 Å². The summed E-state index contributed by atoms with van der Waals surface area (Å²) in [5.41, 5.74) is 0.470. The molecule has 0 amide bonds. The lowest BCUT2D eigenvalue weighted by Gasteiger charge is -2.47. The molecule has 0 aromatic carbocycles. The molecule has 0 saturated heterocycles. The van der Waals surface area contributed by atoms with Crippen molar-refractivity contribution in [1.29, 1.82) is 0 Å². The van der Waals surface area contributed by atoms with Crippen LogP contribution in [0.25, 0.3) is 0 Å². The molecule has 0 aromatic rings. The molecule has 1 saturated carbocycles. The van der Waals surface area contributed by atoms with Gasteiger partial charge in [-0.2, -0.15) is 0 Å². The zero-order valence-electron chi connectivity index (χ0n) is 10.8. The van der Waals surface area contributed by atoms with Crippen molar-refractivity contribution in [1.82, 2.24) is 15.1 Å². The van der Waals surface area contributed by atoms with E-state index in [-0.39, 0.29) is 0 Å². The van der Waals surface area contributed by atoms with Crippen molar-refractivity contribution < 1.29 is 0 Å². The molecule has 1 N–H and O–H groups in total. The molecule has 1 aliphatic carbocycles. The Hall–Kier alpha value is -0.120. The van der Waals surface area contributed by atoms with Gasteiger partial charge < -0.3 is 15.1 Å². The molecule has 0 spiro atoms. The maximum Gasteiger partial charge on any atom is 0.0327 e. The monoisotopic (exact) mass is 213 g/mol. The fourth-order valence-corrected chi connectivity index (χ4v) is 2.21. The second kappa shape index (κ2) is 5.83. The minimum Gasteiger partial charge on any atom is -0.315 e. The van der Waals surface area contributed by atoms with E-state index in [1.807, 2.05) is 0 Å². The summed E-state index contributed by atoms with van der Waals surface area (Å²) in [7, 11) is 8.68. The summed E-state index contributed by atoms with van der Waals surface area (Å²) in [6.45, 7) is 3.49. The second-order valence-corrected chi connectivity index (χ2v) is 5.31. The van der Waals surface area contributed by atoms with Crippen LogP contribution in [0.15, 0.2) is 0 Å². The van der Waals surface area contributed by atoms with Crippen LogP contribution in [0, 0.1) is 0 Å². The lowest BCUT2D eigenvalue weighted by atomic mass is 9.75. The van der Waals surface area contributed by atoms with E-state index in [9.17, 15) is 0 Å². The van der Waals surface area contributed by atoms with Gasteiger partial charge in [0.05, 0.1) is 0 Å². The van der Waals surface area contributed by atoms with Crippen molar-refractivity contribution in [2.45, 2.75) is 31.2 Å². The molecule has 0 aliphatic heterocycles. The zero-order valence-corrected chi connectivity index (χ0v) is 10.8. The number of nitrogens with one attached hydrogen (secondary N) is 1. The summed E-state index contributed by atoms with van der Waals surface area (Å²) in [6, 6.07) is 0. The first-order valence-corrected chi connectivity index (χ1v) is 6.10. The van der Waals surface area contributed by atoms with E-state index in [1.165, 1.54) is 32.2 Å². The Kier molecular flexibility index (Phi) is 5.03. The molecule has 0 atom stereocenters. The number of hydrogen-bond donors (Lipinski definition) is 1. The van der Waals surface area contributed by atoms with Gasteiger partial charge in [0.15, 0.2) is 0 Å². The number of nitrogens with zero attached hydrogens (tertiary/aromatic N) is 2. The Balaban J connectivity index is 2.08. The summed E-state index contributed by atoms with van der Waals surface area (Å²) in [5.74, 6) is 0. The van der Waals surface area contributed by atoms with Crippen LogP contribution in [-0.4, -0.2) is 63.2 Å². The van der Waals surface area contributed by atoms with Crippen molar-refractivity contribution in [2.75, 3.05) is 47.8 Å². The Morgan fingerprint density at radius 2 is 1.80 bits per heavy atom. The van der Waals surface area contributed by atoms with E-state index < -0.39 is 0 Å². The molecule has 0 heterocycles. The fraction of sp³-hybridized carbons (Fsp3) is 1.00. The summed E-state index contributed by atoms with van der Waals surface area (Å²) in [5, 5.41) is 3.60. The third kappa shape index (κ3) is 3.74. The second-order valence-electron chi connectivity index (χ2n) is 5.31. The predicted molar refractivity (Wildman–Crippen MR) is 66.3 cm³/mol. The molecule has 90 valence electrons. The van der Waals surface area contributed by atoms with Crippen LogP contribution in [0.4, 0.5) is 0 Å². The average molecular weight is 213 g/mol. The molecule has 0 unspecified atom stereocenters.